The Balaban J connectivity index is 1.65. The molecular formula is C16H13Cl3N2OS2. The molecule has 2 aromatic rings. The second kappa shape index (κ2) is 8.11. The van der Waals surface area contributed by atoms with Gasteiger partial charge in [0.05, 0.1) is 20.3 Å². The van der Waals surface area contributed by atoms with Crippen LogP contribution in [0.4, 0.5) is 5.69 Å². The Kier molecular flexibility index (Phi) is 6.11. The molecular weight excluding hydrogens is 407 g/mol. The molecule has 0 radical (unpaired) electrons. The first-order valence-corrected chi connectivity index (χ1v) is 10.3. The minimum absolute atomic E-state index is 0.268. The van der Waals surface area contributed by atoms with Crippen LogP contribution in [-0.4, -0.2) is 17.4 Å². The van der Waals surface area contributed by atoms with Crippen molar-refractivity contribution in [2.45, 2.75) is 4.58 Å². The molecule has 126 valence electrons. The van der Waals surface area contributed by atoms with Crippen LogP contribution in [0.5, 0.6) is 0 Å². The van der Waals surface area contributed by atoms with Crippen molar-refractivity contribution in [3.05, 3.63) is 62.6 Å². The maximum absolute atomic E-state index is 12.2. The van der Waals surface area contributed by atoms with Crippen molar-refractivity contribution in [2.24, 2.45) is 0 Å². The molecule has 3 nitrogen and oxygen atoms in total. The summed E-state index contributed by atoms with van der Waals surface area (Å²) in [4.78, 5) is 12.2. The number of benzene rings is 2. The number of anilines is 1. The number of carbonyl (C=O) groups is 1. The van der Waals surface area contributed by atoms with Crippen molar-refractivity contribution >= 4 is 69.9 Å². The van der Waals surface area contributed by atoms with Crippen molar-refractivity contribution in [3.63, 3.8) is 0 Å². The minimum Gasteiger partial charge on any atom is -0.295 e. The van der Waals surface area contributed by atoms with Crippen molar-refractivity contribution in [3.8, 4) is 0 Å². The van der Waals surface area contributed by atoms with Gasteiger partial charge < -0.3 is 0 Å². The minimum atomic E-state index is -0.268. The van der Waals surface area contributed by atoms with Crippen LogP contribution >= 0.6 is 58.3 Å². The fourth-order valence-electron chi connectivity index (χ4n) is 2.20. The normalized spacial score (nSPS) is 14.6. The quantitative estimate of drug-likeness (QED) is 0.607. The van der Waals surface area contributed by atoms with Gasteiger partial charge in [0.25, 0.3) is 5.91 Å². The molecule has 8 heteroatoms. The third-order valence-corrected chi connectivity index (χ3v) is 7.29. The zero-order valence-electron chi connectivity index (χ0n) is 12.3. The fourth-order valence-corrected chi connectivity index (χ4v) is 5.97. The zero-order valence-corrected chi connectivity index (χ0v) is 16.2. The predicted molar refractivity (Wildman–Crippen MR) is 107 cm³/mol. The van der Waals surface area contributed by atoms with Gasteiger partial charge in [-0.15, -0.1) is 23.5 Å². The number of rotatable bonds is 4. The molecule has 1 aliphatic heterocycles. The van der Waals surface area contributed by atoms with Crippen LogP contribution in [0.1, 0.15) is 20.5 Å². The number of hydrazine groups is 1. The molecule has 0 aromatic heterocycles. The number of hydrogen-bond donors (Lipinski definition) is 2. The van der Waals surface area contributed by atoms with E-state index in [4.69, 9.17) is 34.8 Å². The monoisotopic (exact) mass is 418 g/mol. The molecule has 0 spiro atoms. The Morgan fingerprint density at radius 2 is 1.58 bits per heavy atom. The van der Waals surface area contributed by atoms with Gasteiger partial charge >= 0.3 is 0 Å². The lowest BCUT2D eigenvalue weighted by Crippen LogP contribution is -2.29. The summed E-state index contributed by atoms with van der Waals surface area (Å²) in [6, 6.07) is 10.7. The standard InChI is InChI=1S/C16H13Cl3N2OS2/c17-11-7-12(18)14(13(19)8-11)20-21-15(22)9-1-3-10(4-2-9)16-23-5-6-24-16/h1-4,7-8,16,20H,5-6H2,(H,21,22). The largest absolute Gasteiger partial charge is 0.295 e. The summed E-state index contributed by atoms with van der Waals surface area (Å²) in [5.41, 5.74) is 7.54. The molecule has 1 fully saturated rings. The topological polar surface area (TPSA) is 41.1 Å². The highest BCUT2D eigenvalue weighted by molar-refractivity contribution is 8.19. The summed E-state index contributed by atoms with van der Waals surface area (Å²) >= 11 is 21.9. The van der Waals surface area contributed by atoms with Crippen molar-refractivity contribution in [1.29, 1.82) is 0 Å². The third-order valence-electron chi connectivity index (χ3n) is 3.37. The average molecular weight is 420 g/mol. The summed E-state index contributed by atoms with van der Waals surface area (Å²) in [6.45, 7) is 0. The SMILES string of the molecule is O=C(NNc1c(Cl)cc(Cl)cc1Cl)c1ccc(C2SCCS2)cc1. The van der Waals surface area contributed by atoms with E-state index in [1.807, 2.05) is 47.8 Å². The molecule has 0 bridgehead atoms. The van der Waals surface area contributed by atoms with Crippen molar-refractivity contribution < 1.29 is 4.79 Å². The second-order valence-electron chi connectivity index (χ2n) is 5.02. The zero-order chi connectivity index (χ0) is 17.1. The summed E-state index contributed by atoms with van der Waals surface area (Å²) in [6.07, 6.45) is 0. The highest BCUT2D eigenvalue weighted by Crippen LogP contribution is 2.45. The molecule has 1 heterocycles. The van der Waals surface area contributed by atoms with E-state index in [2.05, 4.69) is 10.9 Å². The van der Waals surface area contributed by atoms with Gasteiger partial charge in [0, 0.05) is 22.1 Å². The Bertz CT molecular complexity index is 726. The Labute approximate surface area is 163 Å². The maximum Gasteiger partial charge on any atom is 0.269 e. The van der Waals surface area contributed by atoms with E-state index in [1.54, 1.807) is 12.1 Å². The number of nitrogens with one attached hydrogen (secondary N) is 2. The van der Waals surface area contributed by atoms with Gasteiger partial charge in [-0.3, -0.25) is 15.6 Å². The summed E-state index contributed by atoms with van der Waals surface area (Å²) in [5, 5.41) is 1.09. The first-order chi connectivity index (χ1) is 11.5. The van der Waals surface area contributed by atoms with Gasteiger partial charge in [0.1, 0.15) is 0 Å². The lowest BCUT2D eigenvalue weighted by Gasteiger charge is -2.13. The average Bonchev–Trinajstić information content (AvgIpc) is 3.08. The van der Waals surface area contributed by atoms with E-state index < -0.39 is 0 Å². The molecule has 0 saturated carbocycles. The highest BCUT2D eigenvalue weighted by atomic mass is 35.5. The van der Waals surface area contributed by atoms with Gasteiger partial charge in [0.15, 0.2) is 0 Å². The van der Waals surface area contributed by atoms with Crippen LogP contribution in [0.2, 0.25) is 15.1 Å². The maximum atomic E-state index is 12.2. The number of hydrogen-bond acceptors (Lipinski definition) is 4. The van der Waals surface area contributed by atoms with Gasteiger partial charge in [-0.25, -0.2) is 0 Å². The van der Waals surface area contributed by atoms with E-state index in [0.717, 1.165) is 0 Å². The second-order valence-corrected chi connectivity index (χ2v) is 8.99. The van der Waals surface area contributed by atoms with Crippen LogP contribution in [0.25, 0.3) is 0 Å². The Hall–Kier alpha value is -0.720. The van der Waals surface area contributed by atoms with E-state index in [9.17, 15) is 4.79 Å². The van der Waals surface area contributed by atoms with Crippen LogP contribution < -0.4 is 10.9 Å². The lowest BCUT2D eigenvalue weighted by atomic mass is 10.1. The highest BCUT2D eigenvalue weighted by Gasteiger charge is 2.18. The van der Waals surface area contributed by atoms with Crippen LogP contribution in [-0.2, 0) is 0 Å². The number of amides is 1. The molecule has 2 aromatic carbocycles. The molecule has 2 N–H and O–H groups in total. The van der Waals surface area contributed by atoms with E-state index in [1.165, 1.54) is 17.1 Å². The first kappa shape index (κ1) is 18.1. The Morgan fingerprint density at radius 1 is 1.00 bits per heavy atom. The summed E-state index contributed by atoms with van der Waals surface area (Å²) in [5.74, 6) is 2.07. The molecule has 0 aliphatic carbocycles. The van der Waals surface area contributed by atoms with Crippen molar-refractivity contribution in [1.82, 2.24) is 5.43 Å². The molecule has 24 heavy (non-hydrogen) atoms. The first-order valence-electron chi connectivity index (χ1n) is 7.08. The van der Waals surface area contributed by atoms with Crippen LogP contribution in [0, 0.1) is 0 Å². The van der Waals surface area contributed by atoms with Crippen molar-refractivity contribution in [2.75, 3.05) is 16.9 Å². The molecule has 1 aliphatic rings. The molecule has 1 amide bonds. The lowest BCUT2D eigenvalue weighted by molar-refractivity contribution is 0.0962. The number of carbonyl (C=O) groups excluding carboxylic acids is 1. The molecule has 3 rings (SSSR count). The molecule has 1 saturated heterocycles. The predicted octanol–water partition coefficient (Wildman–Crippen LogP) is 5.88. The van der Waals surface area contributed by atoms with Gasteiger partial charge in [-0.2, -0.15) is 0 Å². The van der Waals surface area contributed by atoms with E-state index >= 15 is 0 Å². The third kappa shape index (κ3) is 4.27. The van der Waals surface area contributed by atoms with Crippen LogP contribution in [0.15, 0.2) is 36.4 Å². The Morgan fingerprint density at radius 3 is 2.17 bits per heavy atom. The number of halogens is 3. The summed E-state index contributed by atoms with van der Waals surface area (Å²) < 4.78 is 0.465. The van der Waals surface area contributed by atoms with Gasteiger partial charge in [0.2, 0.25) is 0 Å². The van der Waals surface area contributed by atoms with E-state index in [-0.39, 0.29) is 5.91 Å². The molecule has 0 unspecified atom stereocenters. The number of thioether (sulfide) groups is 2. The smallest absolute Gasteiger partial charge is 0.269 e. The van der Waals surface area contributed by atoms with Gasteiger partial charge in [-0.1, -0.05) is 46.9 Å². The van der Waals surface area contributed by atoms with E-state index in [0.29, 0.717) is 30.9 Å². The summed E-state index contributed by atoms with van der Waals surface area (Å²) in [7, 11) is 0. The fraction of sp³-hybridized carbons (Fsp3) is 0.188. The van der Waals surface area contributed by atoms with Gasteiger partial charge in [-0.05, 0) is 29.8 Å². The van der Waals surface area contributed by atoms with Crippen LogP contribution in [0.3, 0.4) is 0 Å². The molecule has 0 atom stereocenters.